The Labute approximate surface area is 200 Å². The summed E-state index contributed by atoms with van der Waals surface area (Å²) >= 11 is 0. The zero-order valence-electron chi connectivity index (χ0n) is 19.8. The monoisotopic (exact) mass is 464 g/mol. The van der Waals surface area contributed by atoms with Crippen LogP contribution in [0.5, 0.6) is 0 Å². The maximum Gasteiger partial charge on any atom is 0.408 e. The molecule has 0 aromatic heterocycles. The predicted molar refractivity (Wildman–Crippen MR) is 128 cm³/mol. The van der Waals surface area contributed by atoms with E-state index in [9.17, 15) is 14.4 Å². The Balaban J connectivity index is 1.32. The molecule has 1 saturated heterocycles. The number of carboxylic acids is 1. The molecular weight excluding hydrogens is 432 g/mol. The van der Waals surface area contributed by atoms with Crippen molar-refractivity contribution in [2.24, 2.45) is 5.92 Å². The standard InChI is InChI=1S/C27H32N2O5/c1-3-27(2,25(32)29-15-18(16-29)9-8-14-24(30)31)28-26(33)34-17-23-21-12-6-4-10-19(21)20-11-5-7-13-22(20)23/h4-7,10-13,18,23H,3,8-9,14-17H2,1-2H3,(H,28,33)(H,30,31). The number of benzene rings is 2. The van der Waals surface area contributed by atoms with Gasteiger partial charge >= 0.3 is 12.1 Å². The van der Waals surface area contributed by atoms with E-state index >= 15 is 0 Å². The molecular formula is C27H32N2O5. The van der Waals surface area contributed by atoms with Crippen LogP contribution < -0.4 is 5.32 Å². The maximum absolute atomic E-state index is 13.1. The highest BCUT2D eigenvalue weighted by molar-refractivity contribution is 5.90. The van der Waals surface area contributed by atoms with Crippen LogP contribution in [0.4, 0.5) is 4.79 Å². The Bertz CT molecular complexity index is 1030. The molecule has 1 aliphatic carbocycles. The third-order valence-corrected chi connectivity index (χ3v) is 7.15. The van der Waals surface area contributed by atoms with E-state index in [2.05, 4.69) is 29.6 Å². The number of ether oxygens (including phenoxy) is 1. The first kappa shape index (κ1) is 23.8. The van der Waals surface area contributed by atoms with Gasteiger partial charge in [-0.3, -0.25) is 9.59 Å². The maximum atomic E-state index is 13.1. The van der Waals surface area contributed by atoms with Crippen molar-refractivity contribution in [2.75, 3.05) is 19.7 Å². The number of hydrogen-bond acceptors (Lipinski definition) is 4. The second-order valence-corrected chi connectivity index (χ2v) is 9.50. The zero-order chi connectivity index (χ0) is 24.3. The average molecular weight is 465 g/mol. The van der Waals surface area contributed by atoms with Crippen LogP contribution in [0.1, 0.15) is 56.6 Å². The van der Waals surface area contributed by atoms with E-state index in [1.807, 2.05) is 31.2 Å². The number of nitrogens with zero attached hydrogens (tertiary/aromatic N) is 1. The summed E-state index contributed by atoms with van der Waals surface area (Å²) in [6.07, 6.45) is 1.40. The first-order valence-electron chi connectivity index (χ1n) is 12.0. The molecule has 34 heavy (non-hydrogen) atoms. The van der Waals surface area contributed by atoms with Crippen LogP contribution in [-0.4, -0.2) is 53.2 Å². The van der Waals surface area contributed by atoms with E-state index in [1.54, 1.807) is 11.8 Å². The Kier molecular flexibility index (Phi) is 6.91. The summed E-state index contributed by atoms with van der Waals surface area (Å²) < 4.78 is 5.64. The third-order valence-electron chi connectivity index (χ3n) is 7.15. The molecule has 2 aromatic carbocycles. The number of nitrogens with one attached hydrogen (secondary N) is 1. The van der Waals surface area contributed by atoms with Crippen molar-refractivity contribution in [3.05, 3.63) is 59.7 Å². The molecule has 0 saturated carbocycles. The van der Waals surface area contributed by atoms with E-state index in [4.69, 9.17) is 9.84 Å². The number of carboxylic acid groups (broad SMARTS) is 1. The number of alkyl carbamates (subject to hydrolysis) is 1. The fourth-order valence-electron chi connectivity index (χ4n) is 4.96. The molecule has 4 rings (SSSR count). The number of carbonyl (C=O) groups is 3. The molecule has 1 unspecified atom stereocenters. The van der Waals surface area contributed by atoms with Crippen LogP contribution in [0, 0.1) is 5.92 Å². The molecule has 0 radical (unpaired) electrons. The molecule has 2 amide bonds. The second kappa shape index (κ2) is 9.87. The number of aliphatic carboxylic acids is 1. The van der Waals surface area contributed by atoms with Gasteiger partial charge in [-0.05, 0) is 54.4 Å². The highest BCUT2D eigenvalue weighted by Crippen LogP contribution is 2.44. The highest BCUT2D eigenvalue weighted by atomic mass is 16.5. The molecule has 2 aromatic rings. The summed E-state index contributed by atoms with van der Waals surface area (Å²) in [5, 5.41) is 11.6. The number of amides is 2. The molecule has 7 heteroatoms. The van der Waals surface area contributed by atoms with Crippen molar-refractivity contribution in [3.63, 3.8) is 0 Å². The van der Waals surface area contributed by atoms with Gasteiger partial charge < -0.3 is 20.1 Å². The minimum atomic E-state index is -1.05. The van der Waals surface area contributed by atoms with Crippen LogP contribution >= 0.6 is 0 Å². The Morgan fingerprint density at radius 1 is 1.06 bits per heavy atom. The lowest BCUT2D eigenvalue weighted by Gasteiger charge is -2.44. The van der Waals surface area contributed by atoms with E-state index in [1.165, 1.54) is 0 Å². The molecule has 1 aliphatic heterocycles. The van der Waals surface area contributed by atoms with E-state index in [0.717, 1.165) is 28.7 Å². The normalized spacial score (nSPS) is 16.7. The van der Waals surface area contributed by atoms with E-state index in [-0.39, 0.29) is 24.9 Å². The van der Waals surface area contributed by atoms with Gasteiger partial charge in [0.15, 0.2) is 0 Å². The van der Waals surface area contributed by atoms with Gasteiger partial charge in [0.05, 0.1) is 0 Å². The molecule has 0 bridgehead atoms. The molecule has 2 N–H and O–H groups in total. The van der Waals surface area contributed by atoms with Gasteiger partial charge in [-0.1, -0.05) is 55.5 Å². The number of fused-ring (bicyclic) bond motifs is 3. The van der Waals surface area contributed by atoms with Gasteiger partial charge in [0.25, 0.3) is 0 Å². The summed E-state index contributed by atoms with van der Waals surface area (Å²) in [6, 6.07) is 16.3. The Morgan fingerprint density at radius 2 is 1.65 bits per heavy atom. The summed E-state index contributed by atoms with van der Waals surface area (Å²) in [6.45, 7) is 4.99. The quantitative estimate of drug-likeness (QED) is 0.573. The van der Waals surface area contributed by atoms with Gasteiger partial charge in [0.2, 0.25) is 5.91 Å². The molecule has 1 heterocycles. The smallest absolute Gasteiger partial charge is 0.408 e. The van der Waals surface area contributed by atoms with Crippen molar-refractivity contribution in [1.82, 2.24) is 10.2 Å². The first-order valence-corrected chi connectivity index (χ1v) is 12.0. The average Bonchev–Trinajstić information content (AvgIpc) is 3.12. The summed E-state index contributed by atoms with van der Waals surface area (Å²) in [4.78, 5) is 38.2. The van der Waals surface area contributed by atoms with E-state index < -0.39 is 17.6 Å². The molecule has 1 fully saturated rings. The Morgan fingerprint density at radius 3 is 2.21 bits per heavy atom. The number of carbonyl (C=O) groups excluding carboxylic acids is 2. The van der Waals surface area contributed by atoms with E-state index in [0.29, 0.717) is 31.8 Å². The van der Waals surface area contributed by atoms with Crippen LogP contribution in [0.25, 0.3) is 11.1 Å². The summed E-state index contributed by atoms with van der Waals surface area (Å²) in [7, 11) is 0. The van der Waals surface area contributed by atoms with Crippen LogP contribution in [-0.2, 0) is 14.3 Å². The zero-order valence-corrected chi connectivity index (χ0v) is 19.8. The van der Waals surface area contributed by atoms with Crippen LogP contribution in [0.3, 0.4) is 0 Å². The second-order valence-electron chi connectivity index (χ2n) is 9.50. The predicted octanol–water partition coefficient (Wildman–Crippen LogP) is 4.41. The number of hydrogen-bond donors (Lipinski definition) is 2. The van der Waals surface area contributed by atoms with Crippen molar-refractivity contribution < 1.29 is 24.2 Å². The highest BCUT2D eigenvalue weighted by Gasteiger charge is 2.42. The van der Waals surface area contributed by atoms with Gasteiger partial charge in [-0.25, -0.2) is 4.79 Å². The molecule has 1 atom stereocenters. The van der Waals surface area contributed by atoms with Crippen molar-refractivity contribution in [1.29, 1.82) is 0 Å². The van der Waals surface area contributed by atoms with Gasteiger partial charge in [0, 0.05) is 25.4 Å². The van der Waals surface area contributed by atoms with Gasteiger partial charge in [0.1, 0.15) is 12.1 Å². The van der Waals surface area contributed by atoms with Crippen molar-refractivity contribution >= 4 is 18.0 Å². The van der Waals surface area contributed by atoms with Crippen molar-refractivity contribution in [3.8, 4) is 11.1 Å². The minimum absolute atomic E-state index is 0.0383. The molecule has 7 nitrogen and oxygen atoms in total. The third kappa shape index (κ3) is 4.79. The topological polar surface area (TPSA) is 95.9 Å². The number of likely N-dealkylation sites (tertiary alicyclic amines) is 1. The minimum Gasteiger partial charge on any atom is -0.481 e. The molecule has 180 valence electrons. The Hall–Kier alpha value is -3.35. The SMILES string of the molecule is CCC(C)(NC(=O)OCC1c2ccccc2-c2ccccc21)C(=O)N1CC(CCCC(=O)O)C1. The lowest BCUT2D eigenvalue weighted by molar-refractivity contribution is -0.145. The molecule has 0 spiro atoms. The first-order chi connectivity index (χ1) is 16.3. The fourth-order valence-corrected chi connectivity index (χ4v) is 4.96. The van der Waals surface area contributed by atoms with Gasteiger partial charge in [-0.2, -0.15) is 0 Å². The van der Waals surface area contributed by atoms with Crippen LogP contribution in [0.2, 0.25) is 0 Å². The van der Waals surface area contributed by atoms with Crippen LogP contribution in [0.15, 0.2) is 48.5 Å². The summed E-state index contributed by atoms with van der Waals surface area (Å²) in [5.41, 5.74) is 3.56. The number of rotatable bonds is 9. The largest absolute Gasteiger partial charge is 0.481 e. The lowest BCUT2D eigenvalue weighted by atomic mass is 9.89. The summed E-state index contributed by atoms with van der Waals surface area (Å²) in [5.74, 6) is -0.640. The van der Waals surface area contributed by atoms with Gasteiger partial charge in [-0.15, -0.1) is 0 Å². The van der Waals surface area contributed by atoms with Crippen molar-refractivity contribution in [2.45, 2.75) is 51.0 Å². The lowest BCUT2D eigenvalue weighted by Crippen LogP contribution is -2.62. The molecule has 2 aliphatic rings. The fraction of sp³-hybridized carbons (Fsp3) is 0.444.